The summed E-state index contributed by atoms with van der Waals surface area (Å²) in [4.78, 5) is 23.0. The number of anilines is 1. The zero-order chi connectivity index (χ0) is 27.4. The number of rotatable bonds is 7. The van der Waals surface area contributed by atoms with Gasteiger partial charge in [0.05, 0.1) is 28.6 Å². The van der Waals surface area contributed by atoms with Crippen LogP contribution in [0.5, 0.6) is 0 Å². The van der Waals surface area contributed by atoms with E-state index in [1.54, 1.807) is 6.07 Å². The van der Waals surface area contributed by atoms with E-state index in [1.165, 1.54) is 30.0 Å². The average Bonchev–Trinajstić information content (AvgIpc) is 3.39. The molecular weight excluding hydrogens is 514 g/mol. The molecule has 1 atom stereocenters. The summed E-state index contributed by atoms with van der Waals surface area (Å²) in [6.07, 6.45) is 2.23. The Kier molecular flexibility index (Phi) is 7.47. The normalized spacial score (nSPS) is 14.9. The maximum atomic E-state index is 12.4. The molecule has 1 aliphatic rings. The number of aryl methyl sites for hydroxylation is 1. The first-order valence-corrected chi connectivity index (χ1v) is 12.6. The van der Waals surface area contributed by atoms with Gasteiger partial charge in [0, 0.05) is 17.5 Å². The number of carbonyl (C=O) groups excluding carboxylic acids is 1. The van der Waals surface area contributed by atoms with Crippen molar-refractivity contribution >= 4 is 40.8 Å². The minimum absolute atomic E-state index is 0.000891. The quantitative estimate of drug-likeness (QED) is 0.161. The van der Waals surface area contributed by atoms with E-state index in [-0.39, 0.29) is 17.3 Å². The second kappa shape index (κ2) is 11.3. The maximum Gasteiger partial charge on any atom is 0.282 e. The van der Waals surface area contributed by atoms with Crippen LogP contribution < -0.4 is 10.4 Å². The molecular formula is C30H24ClN5O3. The highest BCUT2D eigenvalue weighted by atomic mass is 35.5. The van der Waals surface area contributed by atoms with Crippen molar-refractivity contribution in [1.29, 1.82) is 0 Å². The molecule has 39 heavy (non-hydrogen) atoms. The highest BCUT2D eigenvalue weighted by Gasteiger charge is 2.30. The smallest absolute Gasteiger partial charge is 0.267 e. The van der Waals surface area contributed by atoms with Crippen LogP contribution in [-0.2, 0) is 0 Å². The minimum Gasteiger partial charge on any atom is -0.267 e. The van der Waals surface area contributed by atoms with E-state index in [1.807, 2.05) is 53.5 Å². The molecule has 8 nitrogen and oxygen atoms in total. The molecule has 4 aromatic rings. The van der Waals surface area contributed by atoms with Crippen molar-refractivity contribution in [3.63, 3.8) is 0 Å². The number of halogens is 1. The second-order valence-electron chi connectivity index (χ2n) is 9.09. The van der Waals surface area contributed by atoms with Gasteiger partial charge in [0.1, 0.15) is 5.56 Å². The van der Waals surface area contributed by atoms with E-state index >= 15 is 0 Å². The Morgan fingerprint density at radius 3 is 2.41 bits per heavy atom. The number of hydrogen-bond donors (Lipinski definition) is 1. The van der Waals surface area contributed by atoms with Crippen molar-refractivity contribution in [3.05, 3.63) is 140 Å². The van der Waals surface area contributed by atoms with Gasteiger partial charge in [0.2, 0.25) is 0 Å². The first-order chi connectivity index (χ1) is 18.9. The number of nitrogens with zero attached hydrogens (tertiary/aromatic N) is 4. The summed E-state index contributed by atoms with van der Waals surface area (Å²) >= 11 is 6.14. The van der Waals surface area contributed by atoms with Crippen LogP contribution in [0.25, 0.3) is 0 Å². The van der Waals surface area contributed by atoms with E-state index in [0.29, 0.717) is 5.02 Å². The Morgan fingerprint density at radius 2 is 1.72 bits per heavy atom. The maximum absolute atomic E-state index is 12.4. The first kappa shape index (κ1) is 25.8. The van der Waals surface area contributed by atoms with Crippen LogP contribution in [0.3, 0.4) is 0 Å². The highest BCUT2D eigenvalue weighted by Crippen LogP contribution is 2.37. The topological polar surface area (TPSA) is 100 Å². The highest BCUT2D eigenvalue weighted by molar-refractivity contribution is 6.30. The molecule has 0 bridgehead atoms. The lowest BCUT2D eigenvalue weighted by Gasteiger charge is -2.24. The fourth-order valence-electron chi connectivity index (χ4n) is 4.38. The SMILES string of the molecule is Cc1ccc(C2=NN(c3ccc(/C=N/NC(=O)c4ccccc4[N+](=O)[O-])cc3)C(c3ccc(Cl)cc3)C2)cc1. The third kappa shape index (κ3) is 5.86. The van der Waals surface area contributed by atoms with Crippen LogP contribution in [-0.4, -0.2) is 22.8 Å². The molecule has 0 fully saturated rings. The Hall–Kier alpha value is -4.82. The van der Waals surface area contributed by atoms with Gasteiger partial charge < -0.3 is 0 Å². The van der Waals surface area contributed by atoms with E-state index in [2.05, 4.69) is 41.7 Å². The number of amides is 1. The van der Waals surface area contributed by atoms with Crippen molar-refractivity contribution < 1.29 is 9.72 Å². The number of benzene rings is 4. The van der Waals surface area contributed by atoms with Gasteiger partial charge in [0.15, 0.2) is 0 Å². The Labute approximate surface area is 230 Å². The van der Waals surface area contributed by atoms with Crippen LogP contribution in [0.4, 0.5) is 11.4 Å². The zero-order valence-electron chi connectivity index (χ0n) is 21.0. The molecule has 194 valence electrons. The van der Waals surface area contributed by atoms with Gasteiger partial charge in [-0.2, -0.15) is 10.2 Å². The Bertz CT molecular complexity index is 1570. The van der Waals surface area contributed by atoms with Gasteiger partial charge in [-0.15, -0.1) is 0 Å². The number of nitro groups is 1. The molecule has 0 radical (unpaired) electrons. The average molecular weight is 538 g/mol. The van der Waals surface area contributed by atoms with Crippen LogP contribution in [0.1, 0.15) is 45.1 Å². The Morgan fingerprint density at radius 1 is 1.03 bits per heavy atom. The fraction of sp³-hybridized carbons (Fsp3) is 0.100. The van der Waals surface area contributed by atoms with E-state index < -0.39 is 10.8 Å². The van der Waals surface area contributed by atoms with E-state index in [4.69, 9.17) is 16.7 Å². The molecule has 5 rings (SSSR count). The minimum atomic E-state index is -0.656. The lowest BCUT2D eigenvalue weighted by molar-refractivity contribution is -0.385. The monoisotopic (exact) mass is 537 g/mol. The van der Waals surface area contributed by atoms with Gasteiger partial charge in [-0.3, -0.25) is 19.9 Å². The lowest BCUT2D eigenvalue weighted by Crippen LogP contribution is -2.19. The summed E-state index contributed by atoms with van der Waals surface area (Å²) in [5, 5.41) is 22.8. The van der Waals surface area contributed by atoms with E-state index in [9.17, 15) is 14.9 Å². The summed E-state index contributed by atoms with van der Waals surface area (Å²) in [7, 11) is 0. The van der Waals surface area contributed by atoms with Gasteiger partial charge in [-0.1, -0.05) is 77.8 Å². The molecule has 0 saturated carbocycles. The molecule has 9 heteroatoms. The number of hydrogen-bond acceptors (Lipinski definition) is 6. The molecule has 0 aromatic heterocycles. The molecule has 1 N–H and O–H groups in total. The number of para-hydroxylation sites is 1. The molecule has 0 saturated heterocycles. The predicted molar refractivity (Wildman–Crippen MR) is 154 cm³/mol. The summed E-state index contributed by atoms with van der Waals surface area (Å²) in [6.45, 7) is 2.06. The van der Waals surface area contributed by atoms with Crippen molar-refractivity contribution in [1.82, 2.24) is 5.43 Å². The van der Waals surface area contributed by atoms with Crippen molar-refractivity contribution in [3.8, 4) is 0 Å². The van der Waals surface area contributed by atoms with Crippen LogP contribution in [0.15, 0.2) is 107 Å². The van der Waals surface area contributed by atoms with Crippen LogP contribution in [0, 0.1) is 17.0 Å². The van der Waals surface area contributed by atoms with Gasteiger partial charge >= 0.3 is 0 Å². The Balaban J connectivity index is 1.35. The summed E-state index contributed by atoms with van der Waals surface area (Å²) < 4.78 is 0. The number of nitro benzene ring substituents is 1. The fourth-order valence-corrected chi connectivity index (χ4v) is 4.50. The second-order valence-corrected chi connectivity index (χ2v) is 9.53. The number of carbonyl (C=O) groups is 1. The van der Waals surface area contributed by atoms with Gasteiger partial charge in [0.25, 0.3) is 11.6 Å². The third-order valence-electron chi connectivity index (χ3n) is 6.43. The standard InChI is InChI=1S/C30H24ClN5O3/c1-20-6-10-22(11-7-20)27-18-29(23-12-14-24(31)15-13-23)35(34-27)25-16-8-21(9-17-25)19-32-33-30(37)26-4-2-3-5-28(26)36(38)39/h2-17,19,29H,18H2,1H3,(H,33,37)/b32-19+. The first-order valence-electron chi connectivity index (χ1n) is 12.2. The molecule has 0 aliphatic carbocycles. The van der Waals surface area contributed by atoms with Crippen molar-refractivity contribution in [2.24, 2.45) is 10.2 Å². The van der Waals surface area contributed by atoms with Crippen molar-refractivity contribution in [2.75, 3.05) is 5.01 Å². The van der Waals surface area contributed by atoms with Gasteiger partial charge in [-0.25, -0.2) is 5.43 Å². The molecule has 1 heterocycles. The summed E-state index contributed by atoms with van der Waals surface area (Å²) in [5.74, 6) is -0.656. The predicted octanol–water partition coefficient (Wildman–Crippen LogP) is 6.68. The summed E-state index contributed by atoms with van der Waals surface area (Å²) in [5.41, 5.74) is 8.05. The summed E-state index contributed by atoms with van der Waals surface area (Å²) in [6, 6.07) is 29.5. The number of hydrazone groups is 2. The van der Waals surface area contributed by atoms with Gasteiger partial charge in [-0.05, 0) is 53.9 Å². The molecule has 1 amide bonds. The molecule has 4 aromatic carbocycles. The zero-order valence-corrected chi connectivity index (χ0v) is 21.7. The van der Waals surface area contributed by atoms with E-state index in [0.717, 1.165) is 34.5 Å². The molecule has 1 aliphatic heterocycles. The van der Waals surface area contributed by atoms with Crippen LogP contribution >= 0.6 is 11.6 Å². The molecule has 0 spiro atoms. The third-order valence-corrected chi connectivity index (χ3v) is 6.68. The largest absolute Gasteiger partial charge is 0.282 e. The van der Waals surface area contributed by atoms with Crippen LogP contribution in [0.2, 0.25) is 5.02 Å². The number of nitrogens with one attached hydrogen (secondary N) is 1. The van der Waals surface area contributed by atoms with Crippen molar-refractivity contribution in [2.45, 2.75) is 19.4 Å². The molecule has 1 unspecified atom stereocenters. The lowest BCUT2D eigenvalue weighted by atomic mass is 9.98.